The summed E-state index contributed by atoms with van der Waals surface area (Å²) in [4.78, 5) is 30.6. The van der Waals surface area contributed by atoms with Crippen LogP contribution < -0.4 is 0 Å². The van der Waals surface area contributed by atoms with Crippen LogP contribution in [0.5, 0.6) is 0 Å². The number of Topliss-reactive ketones (excluding diaryl/α,β-unsaturated/α-hetero) is 2. The third kappa shape index (κ3) is 6.53. The normalized spacial score (nSPS) is 13.0. The van der Waals surface area contributed by atoms with Crippen LogP contribution >= 0.6 is 12.4 Å². The molecule has 1 aliphatic rings. The number of benzene rings is 2. The first-order chi connectivity index (χ1) is 15.4. The van der Waals surface area contributed by atoms with E-state index in [1.165, 1.54) is 13.0 Å². The number of nitrogens with zero attached hydrogens (tertiary/aromatic N) is 2. The Balaban J connectivity index is 0.00000306. The van der Waals surface area contributed by atoms with Crippen molar-refractivity contribution in [3.63, 3.8) is 0 Å². The van der Waals surface area contributed by atoms with E-state index >= 15 is 0 Å². The molecular formula is C26H25ClF2N2O2. The van der Waals surface area contributed by atoms with E-state index < -0.39 is 11.6 Å². The SMILES string of the molecule is CC(=O)c1ccc(CC(=O)c2cncc(CN(Cc3ccc(F)c(F)c3)C3CC3)c2)cc1.Cl. The average molecular weight is 471 g/mol. The molecule has 7 heteroatoms. The lowest BCUT2D eigenvalue weighted by molar-refractivity contribution is 0.0990. The standard InChI is InChI=1S/C26H24F2N2O2.ClH/c1-17(31)21-5-2-18(3-6-21)12-26(32)22-10-20(13-29-14-22)16-30(23-7-8-23)15-19-4-9-24(27)25(28)11-19;/h2-6,9-11,13-14,23H,7-8,12,15-16H2,1H3;1H. The van der Waals surface area contributed by atoms with Crippen LogP contribution in [0, 0.1) is 11.6 Å². The van der Waals surface area contributed by atoms with E-state index in [4.69, 9.17) is 0 Å². The lowest BCUT2D eigenvalue weighted by Gasteiger charge is -2.22. The zero-order valence-corrected chi connectivity index (χ0v) is 19.1. The summed E-state index contributed by atoms with van der Waals surface area (Å²) in [5.74, 6) is -1.75. The van der Waals surface area contributed by atoms with Gasteiger partial charge in [0.25, 0.3) is 0 Å². The molecule has 1 aromatic heterocycles. The molecule has 1 aliphatic carbocycles. The number of halogens is 3. The van der Waals surface area contributed by atoms with Gasteiger partial charge in [0.1, 0.15) is 0 Å². The molecule has 1 saturated carbocycles. The fourth-order valence-corrected chi connectivity index (χ4v) is 3.73. The molecule has 1 fully saturated rings. The molecule has 0 atom stereocenters. The van der Waals surface area contributed by atoms with Gasteiger partial charge in [-0.25, -0.2) is 8.78 Å². The zero-order valence-electron chi connectivity index (χ0n) is 18.3. The fourth-order valence-electron chi connectivity index (χ4n) is 3.73. The van der Waals surface area contributed by atoms with Crippen LogP contribution in [0.15, 0.2) is 60.9 Å². The van der Waals surface area contributed by atoms with Gasteiger partial charge in [-0.1, -0.05) is 30.3 Å². The smallest absolute Gasteiger partial charge is 0.168 e. The van der Waals surface area contributed by atoms with Gasteiger partial charge in [0.15, 0.2) is 23.2 Å². The number of ketones is 2. The number of carbonyl (C=O) groups excluding carboxylic acids is 2. The number of rotatable bonds is 9. The van der Waals surface area contributed by atoms with Gasteiger partial charge in [-0.05, 0) is 54.7 Å². The first kappa shape index (κ1) is 24.7. The molecule has 4 rings (SSSR count). The van der Waals surface area contributed by atoms with Crippen molar-refractivity contribution in [2.24, 2.45) is 0 Å². The second-order valence-corrected chi connectivity index (χ2v) is 8.32. The van der Waals surface area contributed by atoms with Crippen molar-refractivity contribution < 1.29 is 18.4 Å². The molecule has 33 heavy (non-hydrogen) atoms. The highest BCUT2D eigenvalue weighted by atomic mass is 35.5. The highest BCUT2D eigenvalue weighted by Gasteiger charge is 2.29. The molecule has 0 bridgehead atoms. The summed E-state index contributed by atoms with van der Waals surface area (Å²) in [5, 5.41) is 0. The van der Waals surface area contributed by atoms with Crippen LogP contribution in [0.1, 0.15) is 57.2 Å². The topological polar surface area (TPSA) is 50.3 Å². The minimum Gasteiger partial charge on any atom is -0.295 e. The summed E-state index contributed by atoms with van der Waals surface area (Å²) < 4.78 is 26.8. The maximum atomic E-state index is 13.6. The van der Waals surface area contributed by atoms with Gasteiger partial charge in [0.2, 0.25) is 0 Å². The summed E-state index contributed by atoms with van der Waals surface area (Å²) in [6, 6.07) is 13.3. The maximum absolute atomic E-state index is 13.6. The van der Waals surface area contributed by atoms with Crippen LogP contribution in [-0.4, -0.2) is 27.5 Å². The third-order valence-corrected chi connectivity index (χ3v) is 5.66. The molecule has 0 spiro atoms. The lowest BCUT2D eigenvalue weighted by atomic mass is 10.0. The molecule has 2 aromatic carbocycles. The number of aromatic nitrogens is 1. The summed E-state index contributed by atoms with van der Waals surface area (Å²) in [6.45, 7) is 2.59. The average Bonchev–Trinajstić information content (AvgIpc) is 3.62. The van der Waals surface area contributed by atoms with E-state index in [0.29, 0.717) is 35.8 Å². The van der Waals surface area contributed by atoms with Crippen LogP contribution in [0.25, 0.3) is 0 Å². The molecular weight excluding hydrogens is 446 g/mol. The van der Waals surface area contributed by atoms with E-state index in [2.05, 4.69) is 9.88 Å². The maximum Gasteiger partial charge on any atom is 0.168 e. The molecule has 4 nitrogen and oxygen atoms in total. The van der Waals surface area contributed by atoms with Gasteiger partial charge >= 0.3 is 0 Å². The Kier molecular flexibility index (Phi) is 8.06. The first-order valence-electron chi connectivity index (χ1n) is 10.6. The molecule has 0 aliphatic heterocycles. The third-order valence-electron chi connectivity index (χ3n) is 5.66. The van der Waals surface area contributed by atoms with Crippen molar-refractivity contribution in [3.8, 4) is 0 Å². The van der Waals surface area contributed by atoms with Gasteiger partial charge < -0.3 is 0 Å². The van der Waals surface area contributed by atoms with Crippen molar-refractivity contribution in [1.82, 2.24) is 9.88 Å². The molecule has 0 amide bonds. The van der Waals surface area contributed by atoms with Crippen LogP contribution in [0.3, 0.4) is 0 Å². The van der Waals surface area contributed by atoms with Crippen molar-refractivity contribution in [2.75, 3.05) is 0 Å². The van der Waals surface area contributed by atoms with E-state index in [9.17, 15) is 18.4 Å². The number of pyridine rings is 1. The van der Waals surface area contributed by atoms with Gasteiger partial charge in [-0.2, -0.15) is 0 Å². The summed E-state index contributed by atoms with van der Waals surface area (Å²) in [5.41, 5.74) is 3.60. The Morgan fingerprint density at radius 2 is 1.55 bits per heavy atom. The molecule has 0 saturated heterocycles. The highest BCUT2D eigenvalue weighted by molar-refractivity contribution is 5.98. The minimum absolute atomic E-state index is 0. The van der Waals surface area contributed by atoms with Gasteiger partial charge in [0.05, 0.1) is 0 Å². The Hall–Kier alpha value is -2.96. The summed E-state index contributed by atoms with van der Waals surface area (Å²) in [6.07, 6.45) is 5.65. The van der Waals surface area contributed by atoms with Crippen molar-refractivity contribution in [3.05, 3.63) is 100 Å². The summed E-state index contributed by atoms with van der Waals surface area (Å²) >= 11 is 0. The largest absolute Gasteiger partial charge is 0.295 e. The second-order valence-electron chi connectivity index (χ2n) is 8.32. The van der Waals surface area contributed by atoms with E-state index in [1.54, 1.807) is 42.7 Å². The van der Waals surface area contributed by atoms with Crippen LogP contribution in [0.2, 0.25) is 0 Å². The first-order valence-corrected chi connectivity index (χ1v) is 10.6. The Morgan fingerprint density at radius 1 is 0.879 bits per heavy atom. The van der Waals surface area contributed by atoms with Crippen molar-refractivity contribution >= 4 is 24.0 Å². The molecule has 172 valence electrons. The predicted molar refractivity (Wildman–Crippen MR) is 125 cm³/mol. The Morgan fingerprint density at radius 3 is 2.18 bits per heavy atom. The highest BCUT2D eigenvalue weighted by Crippen LogP contribution is 2.30. The molecule has 1 heterocycles. The lowest BCUT2D eigenvalue weighted by Crippen LogP contribution is -2.25. The predicted octanol–water partition coefficient (Wildman–Crippen LogP) is 5.57. The fraction of sp³-hybridized carbons (Fsp3) is 0.269. The van der Waals surface area contributed by atoms with Gasteiger partial charge in [-0.3, -0.25) is 19.5 Å². The number of hydrogen-bond donors (Lipinski definition) is 0. The van der Waals surface area contributed by atoms with Gasteiger partial charge in [0, 0.05) is 49.1 Å². The number of hydrogen-bond acceptors (Lipinski definition) is 4. The molecule has 0 unspecified atom stereocenters. The second kappa shape index (κ2) is 10.8. The van der Waals surface area contributed by atoms with Crippen LogP contribution in [0.4, 0.5) is 8.78 Å². The molecule has 3 aromatic rings. The van der Waals surface area contributed by atoms with E-state index in [0.717, 1.165) is 30.0 Å². The Bertz CT molecular complexity index is 1150. The van der Waals surface area contributed by atoms with Crippen molar-refractivity contribution in [1.29, 1.82) is 0 Å². The number of carbonyl (C=O) groups is 2. The van der Waals surface area contributed by atoms with Gasteiger partial charge in [-0.15, -0.1) is 12.4 Å². The van der Waals surface area contributed by atoms with E-state index in [-0.39, 0.29) is 30.4 Å². The summed E-state index contributed by atoms with van der Waals surface area (Å²) in [7, 11) is 0. The molecule has 0 N–H and O–H groups in total. The molecule has 0 radical (unpaired) electrons. The minimum atomic E-state index is -0.849. The van der Waals surface area contributed by atoms with Crippen LogP contribution in [-0.2, 0) is 19.5 Å². The zero-order chi connectivity index (χ0) is 22.7. The van der Waals surface area contributed by atoms with Crippen molar-refractivity contribution in [2.45, 2.75) is 45.3 Å². The monoisotopic (exact) mass is 470 g/mol. The Labute approximate surface area is 198 Å². The van der Waals surface area contributed by atoms with E-state index in [1.807, 2.05) is 6.07 Å². The quantitative estimate of drug-likeness (QED) is 0.383.